The van der Waals surface area contributed by atoms with Crippen LogP contribution in [0.1, 0.15) is 20.3 Å². The molecule has 0 amide bonds. The molecule has 0 saturated heterocycles. The van der Waals surface area contributed by atoms with Gasteiger partial charge in [0.2, 0.25) is 0 Å². The van der Waals surface area contributed by atoms with E-state index in [0.29, 0.717) is 11.8 Å². The summed E-state index contributed by atoms with van der Waals surface area (Å²) < 4.78 is 0. The number of aldehydes is 1. The molecule has 0 aliphatic heterocycles. The Bertz CT molecular complexity index is 312. The topological polar surface area (TPSA) is 17.1 Å². The number of halogens is 1. The lowest BCUT2D eigenvalue weighted by atomic mass is 9.50. The molecule has 0 heterocycles. The Morgan fingerprint density at radius 3 is 2.69 bits per heavy atom. The van der Waals surface area contributed by atoms with Gasteiger partial charge >= 0.3 is 0 Å². The number of hydrogen-bond donors (Lipinski definition) is 0. The third kappa shape index (κ3) is 1.10. The number of allylic oxidation sites excluding steroid dienone is 4. The molecule has 0 spiro atoms. The van der Waals surface area contributed by atoms with Crippen molar-refractivity contribution in [3.63, 3.8) is 0 Å². The van der Waals surface area contributed by atoms with Crippen LogP contribution in [-0.4, -0.2) is 6.29 Å². The van der Waals surface area contributed by atoms with Crippen molar-refractivity contribution in [1.82, 2.24) is 0 Å². The van der Waals surface area contributed by atoms with Crippen molar-refractivity contribution in [3.05, 3.63) is 22.8 Å². The molecule has 2 bridgehead atoms. The van der Waals surface area contributed by atoms with E-state index in [4.69, 9.17) is 11.6 Å². The van der Waals surface area contributed by atoms with E-state index in [0.717, 1.165) is 23.3 Å². The zero-order chi connectivity index (χ0) is 9.64. The summed E-state index contributed by atoms with van der Waals surface area (Å²) in [7, 11) is 0. The molecule has 0 aromatic carbocycles. The second kappa shape index (κ2) is 2.71. The fourth-order valence-corrected chi connectivity index (χ4v) is 3.06. The van der Waals surface area contributed by atoms with Crippen LogP contribution < -0.4 is 0 Å². The van der Waals surface area contributed by atoms with Gasteiger partial charge in [-0.05, 0) is 35.5 Å². The standard InChI is InChI=1S/C11H13ClO/c1-11(2)8-6-9(11)10(12)5-7(8)3-4-13/h3-5,8-9H,6H2,1-2H3/b7-3+. The van der Waals surface area contributed by atoms with Crippen molar-refractivity contribution in [3.8, 4) is 0 Å². The van der Waals surface area contributed by atoms with Gasteiger partial charge in [-0.15, -0.1) is 0 Å². The van der Waals surface area contributed by atoms with Gasteiger partial charge in [0, 0.05) is 11.0 Å². The molecule has 3 aliphatic carbocycles. The first-order chi connectivity index (χ1) is 6.07. The second-order valence-corrected chi connectivity index (χ2v) is 4.93. The number of carbonyl (C=O) groups excluding carboxylic acids is 1. The molecule has 3 rings (SSSR count). The highest BCUT2D eigenvalue weighted by Gasteiger charge is 2.52. The van der Waals surface area contributed by atoms with Gasteiger partial charge in [-0.25, -0.2) is 0 Å². The van der Waals surface area contributed by atoms with Crippen LogP contribution in [0.25, 0.3) is 0 Å². The second-order valence-electron chi connectivity index (χ2n) is 4.49. The fourth-order valence-electron chi connectivity index (χ4n) is 2.56. The lowest BCUT2D eigenvalue weighted by Gasteiger charge is -2.56. The molecule has 1 fully saturated rings. The van der Waals surface area contributed by atoms with Crippen LogP contribution in [0.3, 0.4) is 0 Å². The Labute approximate surface area is 83.5 Å². The van der Waals surface area contributed by atoms with Gasteiger partial charge in [-0.3, -0.25) is 4.79 Å². The molecule has 3 aliphatic rings. The molecule has 1 nitrogen and oxygen atoms in total. The Morgan fingerprint density at radius 1 is 1.54 bits per heavy atom. The minimum Gasteiger partial charge on any atom is -0.299 e. The molecule has 0 radical (unpaired) electrons. The third-order valence-electron chi connectivity index (χ3n) is 3.57. The largest absolute Gasteiger partial charge is 0.299 e. The van der Waals surface area contributed by atoms with Crippen molar-refractivity contribution in [1.29, 1.82) is 0 Å². The molecule has 2 heteroatoms. The first-order valence-electron chi connectivity index (χ1n) is 4.60. The van der Waals surface area contributed by atoms with Crippen molar-refractivity contribution < 1.29 is 4.79 Å². The predicted molar refractivity (Wildman–Crippen MR) is 53.5 cm³/mol. The summed E-state index contributed by atoms with van der Waals surface area (Å²) >= 11 is 6.12. The number of hydrogen-bond acceptors (Lipinski definition) is 1. The minimum absolute atomic E-state index is 0.251. The van der Waals surface area contributed by atoms with Crippen LogP contribution in [-0.2, 0) is 4.79 Å². The lowest BCUT2D eigenvalue weighted by molar-refractivity contribution is -0.104. The van der Waals surface area contributed by atoms with Crippen LogP contribution in [0.5, 0.6) is 0 Å². The van der Waals surface area contributed by atoms with Crippen molar-refractivity contribution in [2.24, 2.45) is 17.3 Å². The zero-order valence-corrected chi connectivity index (χ0v) is 8.64. The average Bonchev–Trinajstić information content (AvgIpc) is 2.03. The van der Waals surface area contributed by atoms with Crippen LogP contribution in [0.2, 0.25) is 0 Å². The third-order valence-corrected chi connectivity index (χ3v) is 3.94. The summed E-state index contributed by atoms with van der Waals surface area (Å²) in [5.74, 6) is 1.05. The molecule has 0 aromatic heterocycles. The summed E-state index contributed by atoms with van der Waals surface area (Å²) in [6, 6.07) is 0. The average molecular weight is 197 g/mol. The minimum atomic E-state index is 0.251. The maximum absolute atomic E-state index is 10.4. The number of carbonyl (C=O) groups is 1. The Kier molecular flexibility index (Phi) is 1.88. The summed E-state index contributed by atoms with van der Waals surface area (Å²) in [5.41, 5.74) is 1.35. The van der Waals surface area contributed by atoms with Gasteiger partial charge in [-0.1, -0.05) is 25.4 Å². The smallest absolute Gasteiger partial charge is 0.143 e. The Morgan fingerprint density at radius 2 is 2.23 bits per heavy atom. The van der Waals surface area contributed by atoms with Crippen LogP contribution in [0, 0.1) is 17.3 Å². The number of fused-ring (bicyclic) bond motifs is 1. The van der Waals surface area contributed by atoms with E-state index in [9.17, 15) is 4.79 Å². The van der Waals surface area contributed by atoms with Crippen LogP contribution in [0.15, 0.2) is 22.8 Å². The van der Waals surface area contributed by atoms with E-state index >= 15 is 0 Å². The molecule has 0 N–H and O–H groups in total. The van der Waals surface area contributed by atoms with Crippen molar-refractivity contribution in [2.45, 2.75) is 20.3 Å². The molecular formula is C11H13ClO. The predicted octanol–water partition coefficient (Wildman–Crippen LogP) is 2.91. The van der Waals surface area contributed by atoms with E-state index in [1.807, 2.05) is 6.08 Å². The first kappa shape index (κ1) is 9.01. The summed E-state index contributed by atoms with van der Waals surface area (Å²) in [5, 5.41) is 0.917. The molecule has 0 aromatic rings. The number of rotatable bonds is 1. The van der Waals surface area contributed by atoms with E-state index in [2.05, 4.69) is 13.8 Å². The first-order valence-corrected chi connectivity index (χ1v) is 4.97. The van der Waals surface area contributed by atoms with Gasteiger partial charge in [0.05, 0.1) is 0 Å². The van der Waals surface area contributed by atoms with E-state index in [1.54, 1.807) is 6.08 Å². The zero-order valence-electron chi connectivity index (χ0n) is 7.88. The summed E-state index contributed by atoms with van der Waals surface area (Å²) in [6.07, 6.45) is 5.57. The van der Waals surface area contributed by atoms with Crippen molar-refractivity contribution in [2.75, 3.05) is 0 Å². The fraction of sp³-hybridized carbons (Fsp3) is 0.545. The normalized spacial score (nSPS) is 38.1. The van der Waals surface area contributed by atoms with Gasteiger partial charge in [0.15, 0.2) is 0 Å². The SMILES string of the molecule is CC1(C)C2CC1/C(=C/C=O)C=C2Cl. The molecule has 2 atom stereocenters. The molecular weight excluding hydrogens is 184 g/mol. The highest BCUT2D eigenvalue weighted by Crippen LogP contribution is 2.61. The van der Waals surface area contributed by atoms with Crippen molar-refractivity contribution >= 4 is 17.9 Å². The highest BCUT2D eigenvalue weighted by atomic mass is 35.5. The molecule has 2 unspecified atom stereocenters. The summed E-state index contributed by atoms with van der Waals surface area (Å²) in [6.45, 7) is 4.44. The highest BCUT2D eigenvalue weighted by molar-refractivity contribution is 6.30. The van der Waals surface area contributed by atoms with Gasteiger partial charge in [-0.2, -0.15) is 0 Å². The Balaban J connectivity index is 2.41. The maximum atomic E-state index is 10.4. The van der Waals surface area contributed by atoms with E-state index in [-0.39, 0.29) is 5.41 Å². The Hall–Kier alpha value is -0.560. The molecule has 70 valence electrons. The monoisotopic (exact) mass is 196 g/mol. The molecule has 1 saturated carbocycles. The van der Waals surface area contributed by atoms with Gasteiger partial charge in [0.1, 0.15) is 6.29 Å². The molecule has 13 heavy (non-hydrogen) atoms. The van der Waals surface area contributed by atoms with Gasteiger partial charge in [0.25, 0.3) is 0 Å². The maximum Gasteiger partial charge on any atom is 0.143 e. The van der Waals surface area contributed by atoms with Crippen LogP contribution >= 0.6 is 11.6 Å². The quantitative estimate of drug-likeness (QED) is 0.466. The van der Waals surface area contributed by atoms with Crippen LogP contribution in [0.4, 0.5) is 0 Å². The summed E-state index contributed by atoms with van der Waals surface area (Å²) in [4.78, 5) is 10.4. The van der Waals surface area contributed by atoms with E-state index < -0.39 is 0 Å². The van der Waals surface area contributed by atoms with E-state index in [1.165, 1.54) is 0 Å². The van der Waals surface area contributed by atoms with Gasteiger partial charge < -0.3 is 0 Å². The lowest BCUT2D eigenvalue weighted by Crippen LogP contribution is -2.48.